The third-order valence-corrected chi connectivity index (χ3v) is 2.75. The average Bonchev–Trinajstić information content (AvgIpc) is 2.26. The smallest absolute Gasteiger partial charge is 0.311 e. The molecule has 0 aliphatic carbocycles. The van der Waals surface area contributed by atoms with E-state index in [2.05, 4.69) is 0 Å². The zero-order valence-corrected chi connectivity index (χ0v) is 10.9. The number of hydrogen-bond acceptors (Lipinski definition) is 6. The van der Waals surface area contributed by atoms with Crippen LogP contribution in [0.2, 0.25) is 0 Å². The molecular weight excluding hydrogens is 262 g/mol. The van der Waals surface area contributed by atoms with Crippen molar-refractivity contribution in [3.05, 3.63) is 33.6 Å². The van der Waals surface area contributed by atoms with Gasteiger partial charge >= 0.3 is 5.69 Å². The monoisotopic (exact) mass is 274 g/mol. The van der Waals surface area contributed by atoms with Gasteiger partial charge in [-0.25, -0.2) is 8.42 Å². The molecule has 0 saturated heterocycles. The highest BCUT2D eigenvalue weighted by Gasteiger charge is 2.25. The molecule has 0 fully saturated rings. The number of nitro groups is 1. The van der Waals surface area contributed by atoms with Gasteiger partial charge in [-0.15, -0.1) is 0 Å². The fraction of sp³-hybridized carbons (Fsp3) is 0.300. The van der Waals surface area contributed by atoms with Gasteiger partial charge < -0.3 is 9.47 Å². The number of nitrogens with zero attached hydrogens (tertiary/aromatic N) is 1. The number of nitro benzene ring substituents is 1. The second-order valence-corrected chi connectivity index (χ2v) is 5.33. The molecule has 18 heavy (non-hydrogen) atoms. The van der Waals surface area contributed by atoms with Gasteiger partial charge in [0.15, 0.2) is 9.84 Å². The lowest BCUT2D eigenvalue weighted by Crippen LogP contribution is -2.05. The number of sulfone groups is 1. The highest BCUT2D eigenvalue weighted by atomic mass is 32.2. The SMILES string of the molecule is COc1ccc([N+](=O)[O-])c(OC)c1[CH]S(C)(=O)=O. The molecule has 0 heterocycles. The van der Waals surface area contributed by atoms with Crippen molar-refractivity contribution in [3.8, 4) is 11.5 Å². The van der Waals surface area contributed by atoms with E-state index in [1.807, 2.05) is 0 Å². The van der Waals surface area contributed by atoms with Gasteiger partial charge in [-0.05, 0) is 6.07 Å². The summed E-state index contributed by atoms with van der Waals surface area (Å²) in [6.45, 7) is 0. The van der Waals surface area contributed by atoms with E-state index in [9.17, 15) is 18.5 Å². The van der Waals surface area contributed by atoms with E-state index in [0.29, 0.717) is 0 Å². The number of ether oxygens (including phenoxy) is 2. The van der Waals surface area contributed by atoms with Crippen molar-refractivity contribution in [2.45, 2.75) is 0 Å². The van der Waals surface area contributed by atoms with Crippen LogP contribution in [0.5, 0.6) is 11.5 Å². The predicted molar refractivity (Wildman–Crippen MR) is 64.4 cm³/mol. The van der Waals surface area contributed by atoms with Crippen molar-refractivity contribution in [1.29, 1.82) is 0 Å². The second-order valence-electron chi connectivity index (χ2n) is 3.44. The fourth-order valence-electron chi connectivity index (χ4n) is 1.43. The molecule has 0 amide bonds. The van der Waals surface area contributed by atoms with Crippen LogP contribution in [0.4, 0.5) is 5.69 Å². The summed E-state index contributed by atoms with van der Waals surface area (Å²) in [6.07, 6.45) is 0.977. The van der Waals surface area contributed by atoms with E-state index in [1.165, 1.54) is 26.4 Å². The molecule has 0 aromatic heterocycles. The highest BCUT2D eigenvalue weighted by molar-refractivity contribution is 7.92. The lowest BCUT2D eigenvalue weighted by atomic mass is 10.1. The van der Waals surface area contributed by atoms with Crippen molar-refractivity contribution >= 4 is 15.5 Å². The summed E-state index contributed by atoms with van der Waals surface area (Å²) in [5.74, 6) is 0.908. The summed E-state index contributed by atoms with van der Waals surface area (Å²) in [5.41, 5.74) is -0.301. The Hall–Kier alpha value is -1.83. The van der Waals surface area contributed by atoms with Crippen LogP contribution in [0.3, 0.4) is 0 Å². The Morgan fingerprint density at radius 1 is 1.28 bits per heavy atom. The Morgan fingerprint density at radius 3 is 2.28 bits per heavy atom. The number of hydrogen-bond donors (Lipinski definition) is 0. The summed E-state index contributed by atoms with van der Waals surface area (Å²) in [4.78, 5) is 10.2. The first-order valence-electron chi connectivity index (χ1n) is 4.74. The van der Waals surface area contributed by atoms with Gasteiger partial charge in [-0.3, -0.25) is 10.1 Å². The first-order valence-corrected chi connectivity index (χ1v) is 6.69. The summed E-state index contributed by atoms with van der Waals surface area (Å²) >= 11 is 0. The normalized spacial score (nSPS) is 11.1. The summed E-state index contributed by atoms with van der Waals surface area (Å²) in [7, 11) is -0.935. The lowest BCUT2D eigenvalue weighted by molar-refractivity contribution is -0.385. The van der Waals surface area contributed by atoms with Crippen molar-refractivity contribution in [1.82, 2.24) is 0 Å². The van der Waals surface area contributed by atoms with E-state index in [-0.39, 0.29) is 22.7 Å². The lowest BCUT2D eigenvalue weighted by Gasteiger charge is -2.11. The van der Waals surface area contributed by atoms with Crippen LogP contribution in [0.25, 0.3) is 0 Å². The Labute approximate surface area is 104 Å². The molecule has 0 saturated carbocycles. The van der Waals surface area contributed by atoms with E-state index >= 15 is 0 Å². The highest BCUT2D eigenvalue weighted by Crippen LogP contribution is 2.38. The topological polar surface area (TPSA) is 95.7 Å². The maximum atomic E-state index is 11.3. The molecule has 0 atom stereocenters. The first kappa shape index (κ1) is 14.2. The second kappa shape index (κ2) is 5.21. The van der Waals surface area contributed by atoms with Crippen LogP contribution in [0.15, 0.2) is 12.1 Å². The largest absolute Gasteiger partial charge is 0.496 e. The van der Waals surface area contributed by atoms with Gasteiger partial charge in [0.1, 0.15) is 11.5 Å². The average molecular weight is 274 g/mol. The van der Waals surface area contributed by atoms with E-state index < -0.39 is 14.8 Å². The van der Waals surface area contributed by atoms with Crippen LogP contribution in [-0.2, 0) is 9.84 Å². The van der Waals surface area contributed by atoms with Crippen molar-refractivity contribution in [2.24, 2.45) is 0 Å². The van der Waals surface area contributed by atoms with Crippen LogP contribution in [0.1, 0.15) is 5.56 Å². The van der Waals surface area contributed by atoms with Gasteiger partial charge in [-0.1, -0.05) is 0 Å². The van der Waals surface area contributed by atoms with Gasteiger partial charge in [-0.2, -0.15) is 0 Å². The van der Waals surface area contributed by atoms with E-state index in [4.69, 9.17) is 9.47 Å². The molecule has 0 unspecified atom stereocenters. The molecule has 0 bridgehead atoms. The van der Waals surface area contributed by atoms with Gasteiger partial charge in [0.2, 0.25) is 5.75 Å². The number of rotatable bonds is 5. The Bertz CT molecular complexity index is 566. The van der Waals surface area contributed by atoms with Gasteiger partial charge in [0.05, 0.1) is 24.7 Å². The van der Waals surface area contributed by atoms with Crippen molar-refractivity contribution < 1.29 is 22.8 Å². The Kier molecular flexibility index (Phi) is 4.12. The van der Waals surface area contributed by atoms with Crippen molar-refractivity contribution in [3.63, 3.8) is 0 Å². The van der Waals surface area contributed by atoms with Crippen LogP contribution >= 0.6 is 0 Å². The molecule has 1 radical (unpaired) electrons. The molecule has 0 spiro atoms. The molecule has 1 rings (SSSR count). The molecule has 1 aromatic carbocycles. The van der Waals surface area contributed by atoms with E-state index in [1.54, 1.807) is 0 Å². The maximum absolute atomic E-state index is 11.3. The molecule has 1 aromatic rings. The third-order valence-electron chi connectivity index (χ3n) is 2.09. The van der Waals surface area contributed by atoms with Crippen molar-refractivity contribution in [2.75, 3.05) is 20.5 Å². The minimum atomic E-state index is -3.49. The Balaban J connectivity index is 3.51. The minimum absolute atomic E-state index is 0.0247. The zero-order valence-electron chi connectivity index (χ0n) is 10.0. The molecular formula is C10H12NO6S. The van der Waals surface area contributed by atoms with Gasteiger partial charge in [0.25, 0.3) is 0 Å². The molecule has 0 aliphatic heterocycles. The standard InChI is InChI=1S/C10H12NO6S/c1-16-9-5-4-8(11(12)13)10(17-2)7(9)6-18(3,14)15/h4-6H,1-3H3. The zero-order chi connectivity index (χ0) is 13.9. The molecule has 8 heteroatoms. The van der Waals surface area contributed by atoms with Crippen LogP contribution in [0, 0.1) is 15.9 Å². The van der Waals surface area contributed by atoms with Crippen LogP contribution in [-0.4, -0.2) is 33.8 Å². The van der Waals surface area contributed by atoms with Crippen LogP contribution < -0.4 is 9.47 Å². The number of methoxy groups -OCH3 is 2. The molecule has 0 N–H and O–H groups in total. The Morgan fingerprint density at radius 2 is 1.89 bits per heavy atom. The van der Waals surface area contributed by atoms with E-state index in [0.717, 1.165) is 12.0 Å². The summed E-state index contributed by atoms with van der Waals surface area (Å²) in [6, 6.07) is 2.51. The summed E-state index contributed by atoms with van der Waals surface area (Å²) < 4.78 is 32.4. The molecule has 7 nitrogen and oxygen atoms in total. The molecule has 99 valence electrons. The summed E-state index contributed by atoms with van der Waals surface area (Å²) in [5, 5.41) is 10.8. The number of benzene rings is 1. The maximum Gasteiger partial charge on any atom is 0.311 e. The fourth-order valence-corrected chi connectivity index (χ4v) is 2.08. The molecule has 0 aliphatic rings. The minimum Gasteiger partial charge on any atom is -0.496 e. The van der Waals surface area contributed by atoms with Gasteiger partial charge in [0, 0.05) is 12.3 Å². The first-order chi connectivity index (χ1) is 8.30. The third kappa shape index (κ3) is 3.10. The predicted octanol–water partition coefficient (Wildman–Crippen LogP) is 1.17. The quantitative estimate of drug-likeness (QED) is 0.590.